The standard InChI is InChI=1S/C9H10Cl2N2O2S/c10-8-5-7(6-12-9(8)11)16(14,15)13-3-1-2-4-13/h5-6H,1-4H2. The summed E-state index contributed by atoms with van der Waals surface area (Å²) in [5.41, 5.74) is 0. The van der Waals surface area contributed by atoms with E-state index in [9.17, 15) is 8.42 Å². The number of rotatable bonds is 2. The molecule has 1 saturated heterocycles. The topological polar surface area (TPSA) is 50.3 Å². The lowest BCUT2D eigenvalue weighted by atomic mass is 10.4. The minimum atomic E-state index is -3.45. The molecule has 0 amide bonds. The molecule has 0 spiro atoms. The third-order valence-corrected chi connectivity index (χ3v) is 5.02. The number of nitrogens with zero attached hydrogens (tertiary/aromatic N) is 2. The fourth-order valence-corrected chi connectivity index (χ4v) is 3.45. The Balaban J connectivity index is 2.39. The van der Waals surface area contributed by atoms with Gasteiger partial charge < -0.3 is 0 Å². The minimum absolute atomic E-state index is 0.101. The first-order valence-electron chi connectivity index (χ1n) is 4.83. The second-order valence-corrected chi connectivity index (χ2v) is 6.26. The zero-order chi connectivity index (χ0) is 11.8. The zero-order valence-corrected chi connectivity index (χ0v) is 10.7. The Morgan fingerprint density at radius 2 is 1.88 bits per heavy atom. The van der Waals surface area contributed by atoms with Gasteiger partial charge in [0.2, 0.25) is 10.0 Å². The molecule has 0 aliphatic carbocycles. The summed E-state index contributed by atoms with van der Waals surface area (Å²) in [6.07, 6.45) is 3.03. The molecule has 0 unspecified atom stereocenters. The maximum Gasteiger partial charge on any atom is 0.244 e. The lowest BCUT2D eigenvalue weighted by Gasteiger charge is -2.15. The average Bonchev–Trinajstić information content (AvgIpc) is 2.75. The molecule has 0 N–H and O–H groups in total. The maximum absolute atomic E-state index is 12.1. The van der Waals surface area contributed by atoms with Crippen LogP contribution < -0.4 is 0 Å². The Hall–Kier alpha value is -0.360. The predicted octanol–water partition coefficient (Wildman–Crippen LogP) is 2.17. The molecule has 1 aromatic heterocycles. The third kappa shape index (κ3) is 2.18. The molecule has 0 saturated carbocycles. The number of aromatic nitrogens is 1. The zero-order valence-electron chi connectivity index (χ0n) is 8.36. The molecule has 0 bridgehead atoms. The van der Waals surface area contributed by atoms with Gasteiger partial charge in [-0.2, -0.15) is 4.31 Å². The number of hydrogen-bond donors (Lipinski definition) is 0. The van der Waals surface area contributed by atoms with Gasteiger partial charge in [-0.05, 0) is 18.9 Å². The predicted molar refractivity (Wildman–Crippen MR) is 62.2 cm³/mol. The van der Waals surface area contributed by atoms with Crippen molar-refractivity contribution in [2.24, 2.45) is 0 Å². The van der Waals surface area contributed by atoms with Crippen LogP contribution in [0.4, 0.5) is 0 Å². The molecule has 0 atom stereocenters. The van der Waals surface area contributed by atoms with Gasteiger partial charge in [-0.25, -0.2) is 13.4 Å². The Kier molecular flexibility index (Phi) is 3.39. The van der Waals surface area contributed by atoms with Crippen molar-refractivity contribution in [1.82, 2.24) is 9.29 Å². The van der Waals surface area contributed by atoms with E-state index in [4.69, 9.17) is 23.2 Å². The van der Waals surface area contributed by atoms with E-state index in [1.165, 1.54) is 16.6 Å². The number of sulfonamides is 1. The van der Waals surface area contributed by atoms with Crippen LogP contribution in [0.3, 0.4) is 0 Å². The highest BCUT2D eigenvalue weighted by atomic mass is 35.5. The van der Waals surface area contributed by atoms with E-state index in [1.807, 2.05) is 0 Å². The summed E-state index contributed by atoms with van der Waals surface area (Å²) < 4.78 is 25.6. The number of halogens is 2. The molecule has 0 aromatic carbocycles. The van der Waals surface area contributed by atoms with Gasteiger partial charge in [-0.1, -0.05) is 23.2 Å². The van der Waals surface area contributed by atoms with Crippen molar-refractivity contribution < 1.29 is 8.42 Å². The molecular weight excluding hydrogens is 271 g/mol. The Labute approximate surface area is 104 Å². The molecule has 2 heterocycles. The summed E-state index contributed by atoms with van der Waals surface area (Å²) in [4.78, 5) is 3.84. The van der Waals surface area contributed by atoms with Crippen LogP contribution in [0.25, 0.3) is 0 Å². The van der Waals surface area contributed by atoms with Crippen LogP contribution in [0.1, 0.15) is 12.8 Å². The molecule has 1 fully saturated rings. The summed E-state index contributed by atoms with van der Waals surface area (Å²) >= 11 is 11.4. The van der Waals surface area contributed by atoms with E-state index in [-0.39, 0.29) is 15.1 Å². The van der Waals surface area contributed by atoms with Gasteiger partial charge in [-0.15, -0.1) is 0 Å². The Bertz CT molecular complexity index is 498. The van der Waals surface area contributed by atoms with Crippen molar-refractivity contribution in [2.45, 2.75) is 17.7 Å². The van der Waals surface area contributed by atoms with Gasteiger partial charge in [0.1, 0.15) is 10.0 Å². The summed E-state index contributed by atoms with van der Waals surface area (Å²) in [5.74, 6) is 0. The average molecular weight is 281 g/mol. The molecule has 7 heteroatoms. The van der Waals surface area contributed by atoms with Crippen LogP contribution in [-0.4, -0.2) is 30.8 Å². The maximum atomic E-state index is 12.1. The second-order valence-electron chi connectivity index (χ2n) is 3.55. The molecule has 16 heavy (non-hydrogen) atoms. The van der Waals surface area contributed by atoms with Crippen molar-refractivity contribution >= 4 is 33.2 Å². The molecule has 88 valence electrons. The molecule has 2 rings (SSSR count). The van der Waals surface area contributed by atoms with Gasteiger partial charge >= 0.3 is 0 Å². The van der Waals surface area contributed by atoms with Crippen LogP contribution in [0.5, 0.6) is 0 Å². The number of hydrogen-bond acceptors (Lipinski definition) is 3. The summed E-state index contributed by atoms with van der Waals surface area (Å²) in [7, 11) is -3.45. The van der Waals surface area contributed by atoms with Gasteiger partial charge in [0.25, 0.3) is 0 Å². The number of pyridine rings is 1. The van der Waals surface area contributed by atoms with E-state index < -0.39 is 10.0 Å². The molecule has 4 nitrogen and oxygen atoms in total. The highest BCUT2D eigenvalue weighted by Crippen LogP contribution is 2.25. The minimum Gasteiger partial charge on any atom is -0.242 e. The molecular formula is C9H10Cl2N2O2S. The summed E-state index contributed by atoms with van der Waals surface area (Å²) in [5, 5.41) is 0.268. The van der Waals surface area contributed by atoms with Crippen molar-refractivity contribution in [3.8, 4) is 0 Å². The van der Waals surface area contributed by atoms with Crippen LogP contribution in [0.15, 0.2) is 17.2 Å². The first-order valence-corrected chi connectivity index (χ1v) is 7.02. The van der Waals surface area contributed by atoms with Crippen molar-refractivity contribution in [3.05, 3.63) is 22.4 Å². The summed E-state index contributed by atoms with van der Waals surface area (Å²) in [6.45, 7) is 1.12. The van der Waals surface area contributed by atoms with Gasteiger partial charge in [0.15, 0.2) is 0 Å². The van der Waals surface area contributed by atoms with Crippen molar-refractivity contribution in [1.29, 1.82) is 0 Å². The SMILES string of the molecule is O=S(=O)(c1cnc(Cl)c(Cl)c1)N1CCCC1. The van der Waals surface area contributed by atoms with E-state index in [0.717, 1.165) is 12.8 Å². The van der Waals surface area contributed by atoms with Crippen LogP contribution in [0, 0.1) is 0 Å². The van der Waals surface area contributed by atoms with Crippen molar-refractivity contribution in [3.63, 3.8) is 0 Å². The normalized spacial score (nSPS) is 17.9. The van der Waals surface area contributed by atoms with E-state index in [0.29, 0.717) is 13.1 Å². The van der Waals surface area contributed by atoms with Gasteiger partial charge in [-0.3, -0.25) is 0 Å². The van der Waals surface area contributed by atoms with E-state index >= 15 is 0 Å². The Morgan fingerprint density at radius 1 is 1.25 bits per heavy atom. The van der Waals surface area contributed by atoms with Crippen LogP contribution >= 0.6 is 23.2 Å². The smallest absolute Gasteiger partial charge is 0.242 e. The first kappa shape index (κ1) is 12.1. The molecule has 1 aliphatic heterocycles. The largest absolute Gasteiger partial charge is 0.244 e. The third-order valence-electron chi connectivity index (χ3n) is 2.47. The Morgan fingerprint density at radius 3 is 2.44 bits per heavy atom. The van der Waals surface area contributed by atoms with Gasteiger partial charge in [0, 0.05) is 19.3 Å². The summed E-state index contributed by atoms with van der Waals surface area (Å²) in [6, 6.07) is 1.34. The van der Waals surface area contributed by atoms with E-state index in [1.54, 1.807) is 0 Å². The lowest BCUT2D eigenvalue weighted by molar-refractivity contribution is 0.477. The van der Waals surface area contributed by atoms with Crippen LogP contribution in [-0.2, 0) is 10.0 Å². The van der Waals surface area contributed by atoms with Crippen LogP contribution in [0.2, 0.25) is 10.2 Å². The molecule has 1 aromatic rings. The first-order chi connectivity index (χ1) is 7.51. The van der Waals surface area contributed by atoms with Gasteiger partial charge in [0.05, 0.1) is 5.02 Å². The molecule has 1 aliphatic rings. The fraction of sp³-hybridized carbons (Fsp3) is 0.444. The van der Waals surface area contributed by atoms with E-state index in [2.05, 4.69) is 4.98 Å². The highest BCUT2D eigenvalue weighted by Gasteiger charge is 2.27. The lowest BCUT2D eigenvalue weighted by Crippen LogP contribution is -2.27. The monoisotopic (exact) mass is 280 g/mol. The molecule has 0 radical (unpaired) electrons. The quantitative estimate of drug-likeness (QED) is 0.781. The highest BCUT2D eigenvalue weighted by molar-refractivity contribution is 7.89. The van der Waals surface area contributed by atoms with Crippen molar-refractivity contribution in [2.75, 3.05) is 13.1 Å². The fourth-order valence-electron chi connectivity index (χ4n) is 1.62. The second kappa shape index (κ2) is 4.49.